The Labute approximate surface area is 162 Å². The number of aromatic nitrogens is 2. The number of likely N-dealkylation sites (N-methyl/N-ethyl adjacent to an activating group) is 1. The number of sulfonamides is 1. The van der Waals surface area contributed by atoms with Crippen LogP contribution >= 0.6 is 0 Å². The zero-order chi connectivity index (χ0) is 20.1. The van der Waals surface area contributed by atoms with Crippen LogP contribution < -0.4 is 5.32 Å². The highest BCUT2D eigenvalue weighted by Crippen LogP contribution is 2.16. The molecule has 1 amide bonds. The first-order valence-corrected chi connectivity index (χ1v) is 9.87. The summed E-state index contributed by atoms with van der Waals surface area (Å²) in [6.45, 7) is 0.179. The third-order valence-corrected chi connectivity index (χ3v) is 5.82. The molecule has 7 nitrogen and oxygen atoms in total. The Morgan fingerprint density at radius 1 is 1.18 bits per heavy atom. The van der Waals surface area contributed by atoms with E-state index in [1.54, 1.807) is 29.1 Å². The smallest absolute Gasteiger partial charge is 0.243 e. The maximum absolute atomic E-state index is 13.0. The van der Waals surface area contributed by atoms with E-state index in [4.69, 9.17) is 0 Å². The summed E-state index contributed by atoms with van der Waals surface area (Å²) in [5.74, 6) is -1.02. The lowest BCUT2D eigenvalue weighted by Gasteiger charge is -2.17. The van der Waals surface area contributed by atoms with E-state index in [-0.39, 0.29) is 11.4 Å². The Hall–Kier alpha value is -3.04. The number of benzene rings is 2. The SMILES string of the molecule is CN(CC(=O)Nc1cccc(Cn2cccn2)c1)S(=O)(=O)c1ccc(F)cc1. The summed E-state index contributed by atoms with van der Waals surface area (Å²) in [5, 5.41) is 6.83. The molecule has 0 aliphatic heterocycles. The van der Waals surface area contributed by atoms with Gasteiger partial charge in [0, 0.05) is 25.1 Å². The number of anilines is 1. The molecule has 0 fully saturated rings. The fourth-order valence-electron chi connectivity index (χ4n) is 2.60. The van der Waals surface area contributed by atoms with Crippen molar-refractivity contribution in [2.75, 3.05) is 18.9 Å². The average Bonchev–Trinajstić information content (AvgIpc) is 3.15. The van der Waals surface area contributed by atoms with Crippen LogP contribution in [0.15, 0.2) is 71.9 Å². The minimum absolute atomic E-state index is 0.0783. The van der Waals surface area contributed by atoms with Gasteiger partial charge in [-0.2, -0.15) is 9.40 Å². The maximum Gasteiger partial charge on any atom is 0.243 e. The van der Waals surface area contributed by atoms with Crippen molar-refractivity contribution in [1.82, 2.24) is 14.1 Å². The summed E-state index contributed by atoms with van der Waals surface area (Å²) in [4.78, 5) is 12.2. The first kappa shape index (κ1) is 19.7. The van der Waals surface area contributed by atoms with Gasteiger partial charge >= 0.3 is 0 Å². The van der Waals surface area contributed by atoms with Gasteiger partial charge in [-0.25, -0.2) is 12.8 Å². The van der Waals surface area contributed by atoms with E-state index in [0.717, 1.165) is 34.1 Å². The summed E-state index contributed by atoms with van der Waals surface area (Å²) in [6, 6.07) is 13.5. The van der Waals surface area contributed by atoms with Crippen LogP contribution in [0.25, 0.3) is 0 Å². The third kappa shape index (κ3) is 4.81. The third-order valence-electron chi connectivity index (χ3n) is 4.00. The molecule has 3 aromatic rings. The minimum atomic E-state index is -3.89. The summed E-state index contributed by atoms with van der Waals surface area (Å²) in [5.41, 5.74) is 1.50. The van der Waals surface area contributed by atoms with E-state index in [1.807, 2.05) is 18.3 Å². The molecule has 3 rings (SSSR count). The summed E-state index contributed by atoms with van der Waals surface area (Å²) in [7, 11) is -2.59. The summed E-state index contributed by atoms with van der Waals surface area (Å²) < 4.78 is 40.6. The van der Waals surface area contributed by atoms with Crippen molar-refractivity contribution in [2.45, 2.75) is 11.4 Å². The summed E-state index contributed by atoms with van der Waals surface area (Å²) >= 11 is 0. The minimum Gasteiger partial charge on any atom is -0.325 e. The molecule has 0 aliphatic carbocycles. The topological polar surface area (TPSA) is 84.3 Å². The molecule has 0 saturated heterocycles. The predicted molar refractivity (Wildman–Crippen MR) is 103 cm³/mol. The number of carbonyl (C=O) groups excluding carboxylic acids is 1. The highest BCUT2D eigenvalue weighted by molar-refractivity contribution is 7.89. The second-order valence-corrected chi connectivity index (χ2v) is 8.21. The van der Waals surface area contributed by atoms with E-state index in [9.17, 15) is 17.6 Å². The normalized spacial score (nSPS) is 11.5. The van der Waals surface area contributed by atoms with E-state index < -0.39 is 21.7 Å². The first-order chi connectivity index (χ1) is 13.3. The molecule has 0 unspecified atom stereocenters. The lowest BCUT2D eigenvalue weighted by molar-refractivity contribution is -0.116. The number of carbonyl (C=O) groups is 1. The molecule has 0 atom stereocenters. The van der Waals surface area contributed by atoms with Gasteiger partial charge in [-0.3, -0.25) is 9.48 Å². The van der Waals surface area contributed by atoms with Gasteiger partial charge in [-0.1, -0.05) is 12.1 Å². The van der Waals surface area contributed by atoms with Gasteiger partial charge in [0.25, 0.3) is 0 Å². The van der Waals surface area contributed by atoms with Crippen molar-refractivity contribution < 1.29 is 17.6 Å². The van der Waals surface area contributed by atoms with Crippen LogP contribution in [0.3, 0.4) is 0 Å². The Kier molecular flexibility index (Phi) is 5.86. The van der Waals surface area contributed by atoms with Crippen LogP contribution in [0.5, 0.6) is 0 Å². The van der Waals surface area contributed by atoms with Crippen molar-refractivity contribution in [1.29, 1.82) is 0 Å². The Balaban J connectivity index is 1.64. The van der Waals surface area contributed by atoms with E-state index in [1.165, 1.54) is 7.05 Å². The molecule has 1 N–H and O–H groups in total. The highest BCUT2D eigenvalue weighted by Gasteiger charge is 2.23. The predicted octanol–water partition coefficient (Wildman–Crippen LogP) is 2.33. The van der Waals surface area contributed by atoms with E-state index in [2.05, 4.69) is 10.4 Å². The van der Waals surface area contributed by atoms with Gasteiger partial charge in [0.1, 0.15) is 5.82 Å². The fourth-order valence-corrected chi connectivity index (χ4v) is 3.73. The van der Waals surface area contributed by atoms with Gasteiger partial charge in [-0.05, 0) is 48.0 Å². The monoisotopic (exact) mass is 402 g/mol. The van der Waals surface area contributed by atoms with Gasteiger partial charge in [0.15, 0.2) is 0 Å². The number of halogens is 1. The number of rotatable bonds is 7. The second-order valence-electron chi connectivity index (χ2n) is 6.17. The summed E-state index contributed by atoms with van der Waals surface area (Å²) in [6.07, 6.45) is 3.52. The highest BCUT2D eigenvalue weighted by atomic mass is 32.2. The quantitative estimate of drug-likeness (QED) is 0.657. The van der Waals surface area contributed by atoms with Crippen molar-refractivity contribution in [3.05, 3.63) is 78.4 Å². The van der Waals surface area contributed by atoms with Crippen LogP contribution in [0.1, 0.15) is 5.56 Å². The molecule has 0 spiro atoms. The zero-order valence-corrected chi connectivity index (χ0v) is 15.9. The molecule has 1 heterocycles. The molecule has 146 valence electrons. The average molecular weight is 402 g/mol. The fraction of sp³-hybridized carbons (Fsp3) is 0.158. The molecule has 0 radical (unpaired) electrons. The molecule has 0 bridgehead atoms. The van der Waals surface area contributed by atoms with Crippen LogP contribution in [-0.2, 0) is 21.4 Å². The number of nitrogens with one attached hydrogen (secondary N) is 1. The zero-order valence-electron chi connectivity index (χ0n) is 15.1. The number of hydrogen-bond acceptors (Lipinski definition) is 4. The lowest BCUT2D eigenvalue weighted by Crippen LogP contribution is -2.35. The van der Waals surface area contributed by atoms with Gasteiger partial charge in [-0.15, -0.1) is 0 Å². The second kappa shape index (κ2) is 8.32. The molecule has 9 heteroatoms. The largest absolute Gasteiger partial charge is 0.325 e. The standard InChI is InChI=1S/C19H19FN4O3S/c1-23(28(26,27)18-8-6-16(20)7-9-18)14-19(25)22-17-5-2-4-15(12-17)13-24-11-3-10-21-24/h2-12H,13-14H2,1H3,(H,22,25). The van der Waals surface area contributed by atoms with E-state index in [0.29, 0.717) is 12.2 Å². The molecule has 0 aliphatic rings. The molecule has 28 heavy (non-hydrogen) atoms. The van der Waals surface area contributed by atoms with E-state index >= 15 is 0 Å². The lowest BCUT2D eigenvalue weighted by atomic mass is 10.2. The Morgan fingerprint density at radius 2 is 1.93 bits per heavy atom. The first-order valence-electron chi connectivity index (χ1n) is 8.43. The van der Waals surface area contributed by atoms with Crippen LogP contribution in [0.2, 0.25) is 0 Å². The van der Waals surface area contributed by atoms with Crippen molar-refractivity contribution >= 4 is 21.6 Å². The molecular weight excluding hydrogens is 383 g/mol. The van der Waals surface area contributed by atoms with Gasteiger partial charge in [0.05, 0.1) is 18.0 Å². The van der Waals surface area contributed by atoms with Crippen molar-refractivity contribution in [3.8, 4) is 0 Å². The van der Waals surface area contributed by atoms with Crippen molar-refractivity contribution in [2.24, 2.45) is 0 Å². The maximum atomic E-state index is 13.0. The number of hydrogen-bond donors (Lipinski definition) is 1. The van der Waals surface area contributed by atoms with Crippen LogP contribution in [0, 0.1) is 5.82 Å². The molecular formula is C19H19FN4O3S. The van der Waals surface area contributed by atoms with Gasteiger partial charge < -0.3 is 5.32 Å². The Morgan fingerprint density at radius 3 is 2.61 bits per heavy atom. The van der Waals surface area contributed by atoms with Crippen LogP contribution in [0.4, 0.5) is 10.1 Å². The number of amides is 1. The van der Waals surface area contributed by atoms with Crippen molar-refractivity contribution in [3.63, 3.8) is 0 Å². The Bertz CT molecular complexity index is 1050. The molecule has 2 aromatic carbocycles. The van der Waals surface area contributed by atoms with Crippen LogP contribution in [-0.4, -0.2) is 42.0 Å². The molecule has 1 aromatic heterocycles. The van der Waals surface area contributed by atoms with Gasteiger partial charge in [0.2, 0.25) is 15.9 Å². The molecule has 0 saturated carbocycles. The number of nitrogens with zero attached hydrogens (tertiary/aromatic N) is 3.